The van der Waals surface area contributed by atoms with E-state index >= 15 is 0 Å². The molecule has 0 saturated carbocycles. The number of nitrogens with one attached hydrogen (secondary N) is 1. The molecule has 4 nitrogen and oxygen atoms in total. The summed E-state index contributed by atoms with van der Waals surface area (Å²) in [5, 5.41) is 3.00. The molecule has 1 aromatic rings. The summed E-state index contributed by atoms with van der Waals surface area (Å²) in [5.41, 5.74) is 1.73. The number of likely N-dealkylation sites (tertiary alicyclic amines) is 1. The van der Waals surface area contributed by atoms with Crippen LogP contribution in [0.4, 0.5) is 5.69 Å². The lowest BCUT2D eigenvalue weighted by Crippen LogP contribution is -2.35. The van der Waals surface area contributed by atoms with E-state index in [1.807, 2.05) is 12.3 Å². The van der Waals surface area contributed by atoms with E-state index in [1.54, 1.807) is 6.20 Å². The molecule has 2 aliphatic heterocycles. The molecule has 0 aromatic carbocycles. The summed E-state index contributed by atoms with van der Waals surface area (Å²) >= 11 is 0. The maximum atomic E-state index is 12.3. The molecule has 1 aromatic heterocycles. The first kappa shape index (κ1) is 10.7. The number of fused-ring (bicyclic) bond motifs is 2. The first-order valence-electron chi connectivity index (χ1n) is 6.17. The molecule has 0 bridgehead atoms. The van der Waals surface area contributed by atoms with Gasteiger partial charge in [-0.2, -0.15) is 0 Å². The van der Waals surface area contributed by atoms with Crippen molar-refractivity contribution in [3.8, 4) is 0 Å². The van der Waals surface area contributed by atoms with Gasteiger partial charge in [-0.15, -0.1) is 0 Å². The first-order chi connectivity index (χ1) is 8.22. The number of pyridine rings is 1. The van der Waals surface area contributed by atoms with Crippen LogP contribution in [0.1, 0.15) is 24.8 Å². The summed E-state index contributed by atoms with van der Waals surface area (Å²) in [5.74, 6) is 0.163. The minimum Gasteiger partial charge on any atom is -0.325 e. The van der Waals surface area contributed by atoms with Crippen molar-refractivity contribution in [1.82, 2.24) is 9.88 Å². The average molecular weight is 231 g/mol. The van der Waals surface area contributed by atoms with Gasteiger partial charge in [0.25, 0.3) is 0 Å². The SMILES string of the molecule is CN1CCCC2(CC1)C(=O)Nc1ccncc12. The third kappa shape index (κ3) is 1.55. The van der Waals surface area contributed by atoms with Crippen molar-refractivity contribution in [3.05, 3.63) is 24.0 Å². The van der Waals surface area contributed by atoms with Gasteiger partial charge in [0.1, 0.15) is 0 Å². The van der Waals surface area contributed by atoms with Crippen molar-refractivity contribution in [2.24, 2.45) is 0 Å². The highest BCUT2D eigenvalue weighted by atomic mass is 16.2. The molecule has 1 spiro atoms. The van der Waals surface area contributed by atoms with Gasteiger partial charge in [0, 0.05) is 23.6 Å². The Morgan fingerprint density at radius 1 is 1.41 bits per heavy atom. The Bertz CT molecular complexity index is 460. The minimum atomic E-state index is -0.325. The summed E-state index contributed by atoms with van der Waals surface area (Å²) in [7, 11) is 2.12. The van der Waals surface area contributed by atoms with Crippen LogP contribution in [0, 0.1) is 0 Å². The topological polar surface area (TPSA) is 45.2 Å². The number of carbonyl (C=O) groups is 1. The van der Waals surface area contributed by atoms with E-state index in [1.165, 1.54) is 0 Å². The molecule has 1 amide bonds. The molecular weight excluding hydrogens is 214 g/mol. The standard InChI is InChI=1S/C13H17N3O/c1-16-7-2-4-13(5-8-16)10-9-14-6-3-11(10)15-12(13)17/h3,6,9H,2,4-5,7-8H2,1H3,(H,15,17). The Hall–Kier alpha value is -1.42. The Kier molecular flexibility index (Phi) is 2.40. The lowest BCUT2D eigenvalue weighted by Gasteiger charge is -2.25. The number of aromatic nitrogens is 1. The highest BCUT2D eigenvalue weighted by molar-refractivity contribution is 6.06. The number of anilines is 1. The summed E-state index contributed by atoms with van der Waals surface area (Å²) in [6.45, 7) is 2.05. The van der Waals surface area contributed by atoms with Gasteiger partial charge >= 0.3 is 0 Å². The predicted molar refractivity (Wildman–Crippen MR) is 65.9 cm³/mol. The van der Waals surface area contributed by atoms with Crippen molar-refractivity contribution in [3.63, 3.8) is 0 Å². The fourth-order valence-electron chi connectivity index (χ4n) is 3.01. The Balaban J connectivity index is 2.03. The van der Waals surface area contributed by atoms with E-state index in [-0.39, 0.29) is 11.3 Å². The second-order valence-electron chi connectivity index (χ2n) is 5.11. The number of hydrogen-bond donors (Lipinski definition) is 1. The maximum absolute atomic E-state index is 12.3. The molecule has 1 saturated heterocycles. The van der Waals surface area contributed by atoms with E-state index in [9.17, 15) is 4.79 Å². The molecule has 17 heavy (non-hydrogen) atoms. The van der Waals surface area contributed by atoms with Gasteiger partial charge < -0.3 is 10.2 Å². The van der Waals surface area contributed by atoms with Gasteiger partial charge in [-0.25, -0.2) is 0 Å². The van der Waals surface area contributed by atoms with Gasteiger partial charge in [-0.05, 0) is 45.5 Å². The summed E-state index contributed by atoms with van der Waals surface area (Å²) in [6.07, 6.45) is 6.49. The minimum absolute atomic E-state index is 0.163. The van der Waals surface area contributed by atoms with E-state index in [4.69, 9.17) is 0 Å². The molecule has 1 atom stereocenters. The van der Waals surface area contributed by atoms with Crippen LogP contribution in [0.5, 0.6) is 0 Å². The Labute approximate surface area is 101 Å². The molecule has 90 valence electrons. The largest absolute Gasteiger partial charge is 0.325 e. The molecule has 2 aliphatic rings. The average Bonchev–Trinajstić information content (AvgIpc) is 2.48. The number of amides is 1. The highest BCUT2D eigenvalue weighted by Crippen LogP contribution is 2.44. The summed E-state index contributed by atoms with van der Waals surface area (Å²) < 4.78 is 0. The smallest absolute Gasteiger partial charge is 0.235 e. The molecule has 0 aliphatic carbocycles. The second-order valence-corrected chi connectivity index (χ2v) is 5.11. The second kappa shape index (κ2) is 3.81. The zero-order valence-electron chi connectivity index (χ0n) is 10.1. The van der Waals surface area contributed by atoms with Crippen LogP contribution in [-0.4, -0.2) is 35.9 Å². The van der Waals surface area contributed by atoms with Crippen LogP contribution >= 0.6 is 0 Å². The Morgan fingerprint density at radius 2 is 2.29 bits per heavy atom. The number of rotatable bonds is 0. The molecule has 1 unspecified atom stereocenters. The van der Waals surface area contributed by atoms with Gasteiger partial charge in [-0.3, -0.25) is 9.78 Å². The van der Waals surface area contributed by atoms with Gasteiger partial charge in [-0.1, -0.05) is 0 Å². The van der Waals surface area contributed by atoms with E-state index in [0.29, 0.717) is 0 Å². The monoisotopic (exact) mass is 231 g/mol. The van der Waals surface area contributed by atoms with Crippen LogP contribution in [0.3, 0.4) is 0 Å². The summed E-state index contributed by atoms with van der Waals surface area (Å²) in [6, 6.07) is 1.90. The maximum Gasteiger partial charge on any atom is 0.235 e. The molecule has 3 heterocycles. The van der Waals surface area contributed by atoms with Crippen molar-refractivity contribution < 1.29 is 4.79 Å². The van der Waals surface area contributed by atoms with Crippen molar-refractivity contribution in [1.29, 1.82) is 0 Å². The van der Waals surface area contributed by atoms with Crippen LogP contribution < -0.4 is 5.32 Å². The molecule has 3 rings (SSSR count). The zero-order chi connectivity index (χ0) is 11.9. The van der Waals surface area contributed by atoms with Crippen molar-refractivity contribution >= 4 is 11.6 Å². The van der Waals surface area contributed by atoms with E-state index in [0.717, 1.165) is 43.6 Å². The van der Waals surface area contributed by atoms with E-state index in [2.05, 4.69) is 22.2 Å². The molecule has 1 fully saturated rings. The van der Waals surface area contributed by atoms with Gasteiger partial charge in [0.15, 0.2) is 0 Å². The summed E-state index contributed by atoms with van der Waals surface area (Å²) in [4.78, 5) is 18.8. The molecule has 0 radical (unpaired) electrons. The third-order valence-electron chi connectivity index (χ3n) is 4.08. The number of carbonyl (C=O) groups excluding carboxylic acids is 1. The van der Waals surface area contributed by atoms with Crippen LogP contribution in [-0.2, 0) is 10.2 Å². The number of nitrogens with zero attached hydrogens (tertiary/aromatic N) is 2. The fourth-order valence-corrected chi connectivity index (χ4v) is 3.01. The third-order valence-corrected chi connectivity index (χ3v) is 4.08. The number of hydrogen-bond acceptors (Lipinski definition) is 3. The normalized spacial score (nSPS) is 28.9. The van der Waals surface area contributed by atoms with Gasteiger partial charge in [0.05, 0.1) is 5.41 Å². The molecule has 1 N–H and O–H groups in total. The van der Waals surface area contributed by atoms with E-state index < -0.39 is 0 Å². The first-order valence-corrected chi connectivity index (χ1v) is 6.17. The van der Waals surface area contributed by atoms with Gasteiger partial charge in [0.2, 0.25) is 5.91 Å². The van der Waals surface area contributed by atoms with Crippen LogP contribution in [0.15, 0.2) is 18.5 Å². The van der Waals surface area contributed by atoms with Crippen LogP contribution in [0.2, 0.25) is 0 Å². The quantitative estimate of drug-likeness (QED) is 0.734. The Morgan fingerprint density at radius 3 is 3.18 bits per heavy atom. The lowest BCUT2D eigenvalue weighted by molar-refractivity contribution is -0.121. The molecule has 4 heteroatoms. The van der Waals surface area contributed by atoms with Crippen molar-refractivity contribution in [2.75, 3.05) is 25.5 Å². The van der Waals surface area contributed by atoms with Crippen molar-refractivity contribution in [2.45, 2.75) is 24.7 Å². The van der Waals surface area contributed by atoms with Crippen LogP contribution in [0.25, 0.3) is 0 Å². The fraction of sp³-hybridized carbons (Fsp3) is 0.538. The highest BCUT2D eigenvalue weighted by Gasteiger charge is 2.46. The molecular formula is C13H17N3O. The lowest BCUT2D eigenvalue weighted by atomic mass is 9.76. The predicted octanol–water partition coefficient (Wildman–Crippen LogP) is 1.39. The zero-order valence-corrected chi connectivity index (χ0v) is 10.1.